The summed E-state index contributed by atoms with van der Waals surface area (Å²) in [4.78, 5) is 47.5. The summed E-state index contributed by atoms with van der Waals surface area (Å²) >= 11 is 0. The van der Waals surface area contributed by atoms with Crippen molar-refractivity contribution in [1.29, 1.82) is 0 Å². The van der Waals surface area contributed by atoms with Gasteiger partial charge in [-0.05, 0) is 70.9 Å². The van der Waals surface area contributed by atoms with Gasteiger partial charge in [0, 0.05) is 61.3 Å². The van der Waals surface area contributed by atoms with E-state index in [-0.39, 0.29) is 25.4 Å². The number of aryl methyl sites for hydroxylation is 2. The van der Waals surface area contributed by atoms with Crippen molar-refractivity contribution in [3.05, 3.63) is 48.3 Å². The molecule has 2 fully saturated rings. The van der Waals surface area contributed by atoms with Gasteiger partial charge in [-0.3, -0.25) is 19.0 Å². The molecule has 1 aromatic carbocycles. The number of carbonyl (C=O) groups is 3. The molecule has 15 heteroatoms. The maximum absolute atomic E-state index is 14.0. The van der Waals surface area contributed by atoms with Crippen molar-refractivity contribution in [2.45, 2.75) is 95.0 Å². The number of allylic oxidation sites excluding steroid dienone is 1. The number of rotatable bonds is 11. The third-order valence-corrected chi connectivity index (χ3v) is 12.6. The number of amides is 4. The highest BCUT2D eigenvalue weighted by Crippen LogP contribution is 2.47. The lowest BCUT2D eigenvalue weighted by molar-refractivity contribution is -0.130. The third-order valence-electron chi connectivity index (χ3n) is 10.5. The smallest absolute Gasteiger partial charge is 0.317 e. The number of hydrogen-bond donors (Lipinski definition) is 3. The fourth-order valence-corrected chi connectivity index (χ4v) is 7.88. The Morgan fingerprint density at radius 1 is 1.17 bits per heavy atom. The topological polar surface area (TPSA) is 174 Å². The molecule has 3 aromatic rings. The zero-order valence-corrected chi connectivity index (χ0v) is 31.3. The summed E-state index contributed by atoms with van der Waals surface area (Å²) in [5, 5.41) is 10.9. The van der Waals surface area contributed by atoms with Crippen molar-refractivity contribution in [1.82, 2.24) is 35.0 Å². The van der Waals surface area contributed by atoms with Crippen LogP contribution in [-0.4, -0.2) is 89.6 Å². The van der Waals surface area contributed by atoms with Crippen molar-refractivity contribution in [2.75, 3.05) is 27.3 Å². The molecule has 0 unspecified atom stereocenters. The highest BCUT2D eigenvalue weighted by molar-refractivity contribution is 7.91. The van der Waals surface area contributed by atoms with E-state index in [1.165, 1.54) is 4.90 Å². The van der Waals surface area contributed by atoms with E-state index in [0.29, 0.717) is 42.1 Å². The van der Waals surface area contributed by atoms with E-state index in [4.69, 9.17) is 14.5 Å². The number of sulfonamides is 1. The van der Waals surface area contributed by atoms with E-state index in [1.54, 1.807) is 27.3 Å². The van der Waals surface area contributed by atoms with Gasteiger partial charge in [-0.1, -0.05) is 19.1 Å². The monoisotopic (exact) mass is 735 g/mol. The molecule has 2 aromatic heterocycles. The lowest BCUT2D eigenvalue weighted by Gasteiger charge is -2.26. The Labute approximate surface area is 304 Å². The number of nitrogens with zero attached hydrogens (tertiary/aromatic N) is 4. The molecule has 3 N–H and O–H groups in total. The van der Waals surface area contributed by atoms with Crippen LogP contribution in [0.3, 0.4) is 0 Å². The van der Waals surface area contributed by atoms with E-state index < -0.39 is 44.2 Å². The minimum absolute atomic E-state index is 0.0239. The van der Waals surface area contributed by atoms with Gasteiger partial charge in [-0.2, -0.15) is 5.10 Å². The number of benzene rings is 1. The second kappa shape index (κ2) is 14.8. The van der Waals surface area contributed by atoms with Crippen LogP contribution in [0.25, 0.3) is 22.2 Å². The Hall–Kier alpha value is -4.66. The molecule has 14 nitrogen and oxygen atoms in total. The summed E-state index contributed by atoms with van der Waals surface area (Å²) in [6.07, 6.45) is 12.0. The average Bonchev–Trinajstić information content (AvgIpc) is 3.98. The first-order valence-electron chi connectivity index (χ1n) is 18.0. The molecule has 3 aliphatic rings. The van der Waals surface area contributed by atoms with Crippen LogP contribution in [-0.2, 0) is 26.2 Å². The Bertz CT molecular complexity index is 1990. The fourth-order valence-electron chi connectivity index (χ4n) is 6.57. The van der Waals surface area contributed by atoms with Gasteiger partial charge in [0.1, 0.15) is 23.1 Å². The van der Waals surface area contributed by atoms with E-state index in [0.717, 1.165) is 48.7 Å². The van der Waals surface area contributed by atoms with Crippen LogP contribution < -0.4 is 24.8 Å². The number of carbonyl (C=O) groups excluding carboxylic acids is 3. The minimum Gasteiger partial charge on any atom is -0.496 e. The quantitative estimate of drug-likeness (QED) is 0.244. The van der Waals surface area contributed by atoms with Crippen molar-refractivity contribution in [2.24, 2.45) is 5.92 Å². The van der Waals surface area contributed by atoms with E-state index in [1.807, 2.05) is 48.2 Å². The Morgan fingerprint density at radius 3 is 2.69 bits per heavy atom. The molecular formula is C37H49N7O7S. The summed E-state index contributed by atoms with van der Waals surface area (Å²) in [5.74, 6) is -0.551. The zero-order chi connectivity index (χ0) is 37.3. The summed E-state index contributed by atoms with van der Waals surface area (Å²) in [5.41, 5.74) is 1.54. The Balaban J connectivity index is 1.26. The van der Waals surface area contributed by atoms with Gasteiger partial charge in [-0.25, -0.2) is 18.2 Å². The highest BCUT2D eigenvalue weighted by Gasteiger charge is 2.62. The molecule has 2 aliphatic carbocycles. The van der Waals surface area contributed by atoms with Crippen LogP contribution in [0, 0.1) is 12.8 Å². The van der Waals surface area contributed by atoms with Crippen molar-refractivity contribution < 1.29 is 32.3 Å². The number of nitrogens with one attached hydrogen (secondary N) is 3. The summed E-state index contributed by atoms with van der Waals surface area (Å²) in [6.45, 7) is 6.90. The lowest BCUT2D eigenvalue weighted by Crippen LogP contribution is -2.58. The van der Waals surface area contributed by atoms with Gasteiger partial charge < -0.3 is 25.0 Å². The third kappa shape index (κ3) is 7.59. The van der Waals surface area contributed by atoms with E-state index in [9.17, 15) is 22.8 Å². The summed E-state index contributed by atoms with van der Waals surface area (Å²) in [6, 6.07) is 4.03. The molecule has 3 atom stereocenters. The van der Waals surface area contributed by atoms with Crippen LogP contribution >= 0.6 is 0 Å². The molecule has 280 valence electrons. The van der Waals surface area contributed by atoms with Gasteiger partial charge in [0.25, 0.3) is 5.91 Å². The van der Waals surface area contributed by atoms with Gasteiger partial charge in [0.05, 0.1) is 35.9 Å². The number of methoxy groups -OCH3 is 1. The first-order chi connectivity index (χ1) is 24.8. The first kappa shape index (κ1) is 37.1. The number of aromatic nitrogens is 3. The summed E-state index contributed by atoms with van der Waals surface area (Å²) in [7, 11) is -0.667. The normalized spacial score (nSPS) is 23.8. The number of fused-ring (bicyclic) bond motifs is 2. The Kier molecular flexibility index (Phi) is 10.5. The lowest BCUT2D eigenvalue weighted by atomic mass is 10.1. The largest absolute Gasteiger partial charge is 0.496 e. The maximum atomic E-state index is 14.0. The van der Waals surface area contributed by atoms with Crippen LogP contribution in [0.2, 0.25) is 0 Å². The van der Waals surface area contributed by atoms with Crippen LogP contribution in [0.5, 0.6) is 11.5 Å². The molecule has 4 amide bonds. The van der Waals surface area contributed by atoms with Crippen molar-refractivity contribution in [3.8, 4) is 22.8 Å². The fraction of sp³-hybridized carbons (Fsp3) is 0.541. The molecule has 2 saturated carbocycles. The second-order valence-electron chi connectivity index (χ2n) is 14.4. The molecule has 3 heterocycles. The van der Waals surface area contributed by atoms with Crippen molar-refractivity contribution >= 4 is 38.8 Å². The first-order valence-corrected chi connectivity index (χ1v) is 19.5. The van der Waals surface area contributed by atoms with Crippen LogP contribution in [0.4, 0.5) is 4.79 Å². The van der Waals surface area contributed by atoms with Crippen molar-refractivity contribution in [3.63, 3.8) is 0 Å². The van der Waals surface area contributed by atoms with Crippen LogP contribution in [0.15, 0.2) is 42.7 Å². The predicted octanol–water partition coefficient (Wildman–Crippen LogP) is 4.22. The molecule has 0 bridgehead atoms. The predicted molar refractivity (Wildman–Crippen MR) is 196 cm³/mol. The molecule has 1 aliphatic heterocycles. The standard InChI is InChI=1S/C37H49N7O7S/c1-6-17-44-23-25(22-38-44)29-20-31(27-12-13-30(50-5)24(2)32(27)39-29)51-19-14-28-33(45)41-37(34(46)42-52(48,49)36(3)15-16-36)21-26(37)11-9-7-8-10-18-43(4)35(47)40-28/h9,11-13,20,22-23,26,28H,6-8,10,14-19,21H2,1-5H3,(H,40,47)(H,41,45)(H,42,46)/b11-9-/t26-,28+,37-/m1/s1. The number of hydrogen-bond acceptors (Lipinski definition) is 9. The molecule has 0 saturated heterocycles. The highest BCUT2D eigenvalue weighted by atomic mass is 32.2. The number of urea groups is 1. The van der Waals surface area contributed by atoms with Gasteiger partial charge >= 0.3 is 6.03 Å². The van der Waals surface area contributed by atoms with E-state index in [2.05, 4.69) is 27.4 Å². The van der Waals surface area contributed by atoms with Gasteiger partial charge in [-0.15, -0.1) is 0 Å². The summed E-state index contributed by atoms with van der Waals surface area (Å²) < 4.78 is 41.1. The van der Waals surface area contributed by atoms with E-state index >= 15 is 0 Å². The molecule has 52 heavy (non-hydrogen) atoms. The molecule has 0 spiro atoms. The van der Waals surface area contributed by atoms with Gasteiger partial charge in [0.15, 0.2) is 0 Å². The zero-order valence-electron chi connectivity index (χ0n) is 30.5. The molecular weight excluding hydrogens is 687 g/mol. The average molecular weight is 736 g/mol. The van der Waals surface area contributed by atoms with Gasteiger partial charge in [0.2, 0.25) is 15.9 Å². The number of pyridine rings is 1. The minimum atomic E-state index is -3.94. The Morgan fingerprint density at radius 2 is 1.96 bits per heavy atom. The maximum Gasteiger partial charge on any atom is 0.317 e. The second-order valence-corrected chi connectivity index (χ2v) is 16.6. The van der Waals surface area contributed by atoms with Crippen LogP contribution in [0.1, 0.15) is 70.8 Å². The molecule has 0 radical (unpaired) electrons. The SMILES string of the molecule is CCCn1cc(-c2cc(OCC[C@@H]3NC(=O)N(C)CCCC/C=C\[C@@H]4C[C@@]4(C(=O)NS(=O)(=O)C4(C)CC4)NC3=O)c3ccc(OC)c(C)c3n2)cn1. The number of ether oxygens (including phenoxy) is 2. The molecule has 6 rings (SSSR count).